The summed E-state index contributed by atoms with van der Waals surface area (Å²) < 4.78 is 2.95. The van der Waals surface area contributed by atoms with Gasteiger partial charge in [0.25, 0.3) is 5.56 Å². The molecule has 124 valence electrons. The summed E-state index contributed by atoms with van der Waals surface area (Å²) in [6.07, 6.45) is 3.39. The lowest BCUT2D eigenvalue weighted by Crippen LogP contribution is -2.45. The molecule has 1 fully saturated rings. The second kappa shape index (κ2) is 6.46. The average molecular weight is 309 g/mol. The van der Waals surface area contributed by atoms with Crippen LogP contribution in [0.4, 0.5) is 11.5 Å². The van der Waals surface area contributed by atoms with Crippen LogP contribution in [0.2, 0.25) is 0 Å². The van der Waals surface area contributed by atoms with Crippen molar-refractivity contribution in [1.29, 1.82) is 0 Å². The average Bonchev–Trinajstić information content (AvgIpc) is 2.66. The van der Waals surface area contributed by atoms with E-state index in [2.05, 4.69) is 24.5 Å². The van der Waals surface area contributed by atoms with E-state index in [-0.39, 0.29) is 29.7 Å². The van der Waals surface area contributed by atoms with E-state index in [0.717, 1.165) is 12.8 Å². The first-order valence-corrected chi connectivity index (χ1v) is 7.87. The molecule has 1 amide bonds. The molecular weight excluding hydrogens is 282 g/mol. The summed E-state index contributed by atoms with van der Waals surface area (Å²) in [5, 5.41) is 5.94. The summed E-state index contributed by atoms with van der Waals surface area (Å²) in [5.74, 6) is 1.34. The molecule has 1 heterocycles. The van der Waals surface area contributed by atoms with E-state index in [4.69, 9.17) is 5.73 Å². The van der Waals surface area contributed by atoms with Crippen molar-refractivity contribution in [2.75, 3.05) is 17.6 Å². The Morgan fingerprint density at radius 1 is 1.27 bits per heavy atom. The Hall–Kier alpha value is -1.92. The summed E-state index contributed by atoms with van der Waals surface area (Å²) in [6.45, 7) is 4.48. The Balaban J connectivity index is 1.94. The zero-order chi connectivity index (χ0) is 16.4. The molecule has 0 bridgehead atoms. The van der Waals surface area contributed by atoms with Crippen LogP contribution in [0.1, 0.15) is 33.1 Å². The smallest absolute Gasteiger partial charge is 0.292 e. The second-order valence-electron chi connectivity index (χ2n) is 6.41. The Morgan fingerprint density at radius 3 is 2.55 bits per heavy atom. The number of anilines is 2. The lowest BCUT2D eigenvalue weighted by molar-refractivity contribution is -0.120. The van der Waals surface area contributed by atoms with Crippen molar-refractivity contribution in [3.05, 3.63) is 10.4 Å². The van der Waals surface area contributed by atoms with Crippen molar-refractivity contribution < 1.29 is 4.79 Å². The number of carbonyl (C=O) groups is 1. The maximum absolute atomic E-state index is 12.1. The van der Waals surface area contributed by atoms with Crippen LogP contribution in [-0.2, 0) is 18.9 Å². The fourth-order valence-corrected chi connectivity index (χ4v) is 3.11. The first-order valence-electron chi connectivity index (χ1n) is 7.87. The first kappa shape index (κ1) is 16.5. The fourth-order valence-electron chi connectivity index (χ4n) is 3.11. The van der Waals surface area contributed by atoms with E-state index in [1.165, 1.54) is 11.1 Å². The van der Waals surface area contributed by atoms with Crippen molar-refractivity contribution in [1.82, 2.24) is 14.7 Å². The number of aromatic nitrogens is 2. The highest BCUT2D eigenvalue weighted by atomic mass is 16.2. The standard InChI is InChI=1S/C15H27N5O2/c1-9-6-5-7-11(10(9)2)18-12(21)8-17-13-14(16)19(3)20(4)15(13)22/h9-11,17H,5-8,16H2,1-4H3,(H,18,21). The molecule has 1 saturated carbocycles. The Morgan fingerprint density at radius 2 is 1.95 bits per heavy atom. The van der Waals surface area contributed by atoms with Crippen LogP contribution in [-0.4, -0.2) is 27.9 Å². The number of nitrogens with zero attached hydrogens (tertiary/aromatic N) is 2. The molecular formula is C15H27N5O2. The Kier molecular flexibility index (Phi) is 4.83. The van der Waals surface area contributed by atoms with Crippen molar-refractivity contribution in [3.8, 4) is 0 Å². The van der Waals surface area contributed by atoms with E-state index in [1.807, 2.05) is 0 Å². The molecule has 7 nitrogen and oxygen atoms in total. The van der Waals surface area contributed by atoms with Crippen LogP contribution in [0.3, 0.4) is 0 Å². The van der Waals surface area contributed by atoms with Gasteiger partial charge in [-0.1, -0.05) is 26.7 Å². The number of hydrogen-bond donors (Lipinski definition) is 3. The number of hydrogen-bond acceptors (Lipinski definition) is 4. The largest absolute Gasteiger partial charge is 0.382 e. The predicted octanol–water partition coefficient (Wildman–Crippen LogP) is 0.659. The zero-order valence-corrected chi connectivity index (χ0v) is 13.8. The topological polar surface area (TPSA) is 94.1 Å². The molecule has 2 rings (SSSR count). The maximum Gasteiger partial charge on any atom is 0.292 e. The summed E-state index contributed by atoms with van der Waals surface area (Å²) in [4.78, 5) is 24.1. The molecule has 22 heavy (non-hydrogen) atoms. The van der Waals surface area contributed by atoms with Gasteiger partial charge in [0.05, 0.1) is 6.54 Å². The summed E-state index contributed by atoms with van der Waals surface area (Å²) in [7, 11) is 3.34. The minimum Gasteiger partial charge on any atom is -0.382 e. The molecule has 1 aliphatic carbocycles. The van der Waals surface area contributed by atoms with Gasteiger partial charge in [-0.05, 0) is 18.3 Å². The number of nitrogens with one attached hydrogen (secondary N) is 2. The molecule has 0 aliphatic heterocycles. The highest BCUT2D eigenvalue weighted by molar-refractivity contribution is 5.82. The summed E-state index contributed by atoms with van der Waals surface area (Å²) in [5.41, 5.74) is 5.92. The van der Waals surface area contributed by atoms with Gasteiger partial charge in [-0.25, -0.2) is 0 Å². The van der Waals surface area contributed by atoms with Gasteiger partial charge in [0.15, 0.2) is 0 Å². The zero-order valence-electron chi connectivity index (χ0n) is 13.8. The molecule has 1 aromatic rings. The minimum atomic E-state index is -0.229. The molecule has 0 radical (unpaired) electrons. The highest BCUT2D eigenvalue weighted by Crippen LogP contribution is 2.29. The molecule has 3 unspecified atom stereocenters. The number of nitrogen functional groups attached to an aromatic ring is 1. The van der Waals surface area contributed by atoms with E-state index in [9.17, 15) is 9.59 Å². The van der Waals surface area contributed by atoms with Gasteiger partial charge < -0.3 is 16.4 Å². The lowest BCUT2D eigenvalue weighted by atomic mass is 9.78. The summed E-state index contributed by atoms with van der Waals surface area (Å²) in [6, 6.07) is 0.217. The molecule has 4 N–H and O–H groups in total. The molecule has 0 saturated heterocycles. The third-order valence-electron chi connectivity index (χ3n) is 5.04. The molecule has 1 aromatic heterocycles. The molecule has 3 atom stereocenters. The van der Waals surface area contributed by atoms with Crippen LogP contribution in [0.5, 0.6) is 0 Å². The van der Waals surface area contributed by atoms with Crippen molar-refractivity contribution in [3.63, 3.8) is 0 Å². The van der Waals surface area contributed by atoms with Gasteiger partial charge >= 0.3 is 0 Å². The van der Waals surface area contributed by atoms with Crippen molar-refractivity contribution in [2.24, 2.45) is 25.9 Å². The first-order chi connectivity index (χ1) is 10.3. The number of carbonyl (C=O) groups excluding carboxylic acids is 1. The SMILES string of the molecule is CC1CCCC(NC(=O)CNc2c(N)n(C)n(C)c2=O)C1C. The normalized spacial score (nSPS) is 25.0. The van der Waals surface area contributed by atoms with Gasteiger partial charge in [-0.2, -0.15) is 0 Å². The van der Waals surface area contributed by atoms with Crippen LogP contribution in [0.25, 0.3) is 0 Å². The molecule has 0 aromatic carbocycles. The second-order valence-corrected chi connectivity index (χ2v) is 6.41. The number of nitrogens with two attached hydrogens (primary N) is 1. The third kappa shape index (κ3) is 3.13. The van der Waals surface area contributed by atoms with Gasteiger partial charge in [-0.3, -0.25) is 19.0 Å². The minimum absolute atomic E-state index is 0.0566. The highest BCUT2D eigenvalue weighted by Gasteiger charge is 2.28. The lowest BCUT2D eigenvalue weighted by Gasteiger charge is -2.34. The van der Waals surface area contributed by atoms with Crippen molar-refractivity contribution in [2.45, 2.75) is 39.2 Å². The van der Waals surface area contributed by atoms with Gasteiger partial charge in [-0.15, -0.1) is 0 Å². The van der Waals surface area contributed by atoms with Gasteiger partial charge in [0.1, 0.15) is 11.5 Å². The monoisotopic (exact) mass is 309 g/mol. The fraction of sp³-hybridized carbons (Fsp3) is 0.733. The van der Waals surface area contributed by atoms with Crippen LogP contribution in [0, 0.1) is 11.8 Å². The van der Waals surface area contributed by atoms with E-state index >= 15 is 0 Å². The van der Waals surface area contributed by atoms with Gasteiger partial charge in [0.2, 0.25) is 5.91 Å². The maximum atomic E-state index is 12.1. The van der Waals surface area contributed by atoms with Crippen LogP contribution >= 0.6 is 0 Å². The quantitative estimate of drug-likeness (QED) is 0.761. The molecule has 7 heteroatoms. The van der Waals surface area contributed by atoms with E-state index in [0.29, 0.717) is 17.7 Å². The Bertz CT molecular complexity index is 604. The Labute approximate surface area is 130 Å². The number of amides is 1. The predicted molar refractivity (Wildman–Crippen MR) is 87.7 cm³/mol. The van der Waals surface area contributed by atoms with Crippen LogP contribution < -0.4 is 21.9 Å². The molecule has 1 aliphatic rings. The van der Waals surface area contributed by atoms with Gasteiger partial charge in [0, 0.05) is 20.1 Å². The molecule has 0 spiro atoms. The van der Waals surface area contributed by atoms with Crippen molar-refractivity contribution >= 4 is 17.4 Å². The van der Waals surface area contributed by atoms with E-state index < -0.39 is 0 Å². The third-order valence-corrected chi connectivity index (χ3v) is 5.04. The van der Waals surface area contributed by atoms with Crippen LogP contribution in [0.15, 0.2) is 4.79 Å². The van der Waals surface area contributed by atoms with E-state index in [1.54, 1.807) is 18.8 Å². The summed E-state index contributed by atoms with van der Waals surface area (Å²) >= 11 is 0. The number of rotatable bonds is 4.